The van der Waals surface area contributed by atoms with Gasteiger partial charge in [0.1, 0.15) is 5.01 Å². The van der Waals surface area contributed by atoms with E-state index in [2.05, 4.69) is 20.3 Å². The molecule has 0 aliphatic carbocycles. The van der Waals surface area contributed by atoms with Gasteiger partial charge in [0.05, 0.1) is 7.11 Å². The fourth-order valence-corrected chi connectivity index (χ4v) is 2.61. The molecule has 1 N–H and O–H groups in total. The quantitative estimate of drug-likeness (QED) is 0.793. The number of hydrogen-bond donors (Lipinski definition) is 1. The Morgan fingerprint density at radius 2 is 1.95 bits per heavy atom. The Labute approximate surface area is 132 Å². The Kier molecular flexibility index (Phi) is 6.02. The summed E-state index contributed by atoms with van der Waals surface area (Å²) in [6, 6.07) is 9.95. The molecule has 0 unspecified atom stereocenters. The molecule has 2 rings (SSSR count). The van der Waals surface area contributed by atoms with Crippen molar-refractivity contribution in [2.24, 2.45) is 0 Å². The summed E-state index contributed by atoms with van der Waals surface area (Å²) in [6.45, 7) is 0. The largest absolute Gasteiger partial charge is 0.469 e. The van der Waals surface area contributed by atoms with Gasteiger partial charge in [-0.25, -0.2) is 0 Å². The van der Waals surface area contributed by atoms with E-state index in [-0.39, 0.29) is 24.7 Å². The molecular weight excluding hydrogens is 302 g/mol. The molecule has 1 aromatic carbocycles. The van der Waals surface area contributed by atoms with Crippen LogP contribution in [0, 0.1) is 0 Å². The van der Waals surface area contributed by atoms with Crippen LogP contribution < -0.4 is 5.32 Å². The summed E-state index contributed by atoms with van der Waals surface area (Å²) < 4.78 is 4.52. The topological polar surface area (TPSA) is 81.2 Å². The van der Waals surface area contributed by atoms with Gasteiger partial charge < -0.3 is 10.1 Å². The van der Waals surface area contributed by atoms with Crippen molar-refractivity contribution in [2.75, 3.05) is 12.4 Å². The number of carbonyl (C=O) groups is 2. The molecule has 0 aliphatic heterocycles. The van der Waals surface area contributed by atoms with Crippen LogP contribution in [0.5, 0.6) is 0 Å². The van der Waals surface area contributed by atoms with Crippen molar-refractivity contribution < 1.29 is 14.3 Å². The zero-order chi connectivity index (χ0) is 15.8. The molecule has 6 nitrogen and oxygen atoms in total. The second-order valence-corrected chi connectivity index (χ2v) is 5.70. The van der Waals surface area contributed by atoms with Gasteiger partial charge in [0, 0.05) is 19.3 Å². The smallest absolute Gasteiger partial charge is 0.305 e. The lowest BCUT2D eigenvalue weighted by Crippen LogP contribution is -2.12. The fourth-order valence-electron chi connectivity index (χ4n) is 1.82. The average molecular weight is 319 g/mol. The predicted octanol–water partition coefficient (Wildman–Crippen LogP) is 2.41. The van der Waals surface area contributed by atoms with Crippen molar-refractivity contribution >= 4 is 28.3 Å². The van der Waals surface area contributed by atoms with Gasteiger partial charge >= 0.3 is 5.97 Å². The van der Waals surface area contributed by atoms with Gasteiger partial charge in [0.25, 0.3) is 0 Å². The van der Waals surface area contributed by atoms with Crippen LogP contribution in [0.15, 0.2) is 30.3 Å². The molecule has 7 heteroatoms. The van der Waals surface area contributed by atoms with E-state index in [9.17, 15) is 9.59 Å². The predicted molar refractivity (Wildman–Crippen MR) is 83.7 cm³/mol. The van der Waals surface area contributed by atoms with E-state index >= 15 is 0 Å². The van der Waals surface area contributed by atoms with Crippen LogP contribution in [-0.2, 0) is 20.7 Å². The molecule has 0 saturated heterocycles. The summed E-state index contributed by atoms with van der Waals surface area (Å²) in [6.07, 6.45) is 1.63. The van der Waals surface area contributed by atoms with Crippen LogP contribution in [0.3, 0.4) is 0 Å². The second kappa shape index (κ2) is 8.23. The number of nitrogens with one attached hydrogen (secondary N) is 1. The van der Waals surface area contributed by atoms with Crippen molar-refractivity contribution in [1.82, 2.24) is 10.2 Å². The third-order valence-electron chi connectivity index (χ3n) is 2.92. The Morgan fingerprint density at radius 1 is 1.18 bits per heavy atom. The van der Waals surface area contributed by atoms with E-state index in [0.717, 1.165) is 10.6 Å². The summed E-state index contributed by atoms with van der Waals surface area (Å²) in [7, 11) is 1.33. The Hall–Kier alpha value is -2.28. The SMILES string of the molecule is COC(=O)CCCC(=O)Nc1nnc(Cc2ccccc2)s1. The van der Waals surface area contributed by atoms with Gasteiger partial charge in [-0.05, 0) is 12.0 Å². The van der Waals surface area contributed by atoms with Crippen LogP contribution in [0.4, 0.5) is 5.13 Å². The monoisotopic (exact) mass is 319 g/mol. The van der Waals surface area contributed by atoms with Gasteiger partial charge in [-0.3, -0.25) is 9.59 Å². The van der Waals surface area contributed by atoms with Gasteiger partial charge in [0.15, 0.2) is 0 Å². The molecule has 0 bridgehead atoms. The zero-order valence-electron chi connectivity index (χ0n) is 12.2. The number of aromatic nitrogens is 2. The minimum atomic E-state index is -0.311. The number of hydrogen-bond acceptors (Lipinski definition) is 6. The number of ether oxygens (including phenoxy) is 1. The van der Waals surface area contributed by atoms with Crippen LogP contribution in [0.25, 0.3) is 0 Å². The lowest BCUT2D eigenvalue weighted by Gasteiger charge is -2.00. The first kappa shape index (κ1) is 16.1. The van der Waals surface area contributed by atoms with Crippen molar-refractivity contribution in [2.45, 2.75) is 25.7 Å². The van der Waals surface area contributed by atoms with Crippen LogP contribution in [0.1, 0.15) is 29.8 Å². The highest BCUT2D eigenvalue weighted by Gasteiger charge is 2.09. The molecule has 2 aromatic rings. The van der Waals surface area contributed by atoms with Crippen LogP contribution >= 0.6 is 11.3 Å². The summed E-state index contributed by atoms with van der Waals surface area (Å²) in [5.41, 5.74) is 1.15. The third kappa shape index (κ3) is 5.25. The summed E-state index contributed by atoms with van der Waals surface area (Å²) >= 11 is 1.35. The van der Waals surface area contributed by atoms with E-state index in [4.69, 9.17) is 0 Å². The second-order valence-electron chi connectivity index (χ2n) is 4.64. The summed E-state index contributed by atoms with van der Waals surface area (Å²) in [4.78, 5) is 22.7. The van der Waals surface area contributed by atoms with E-state index in [1.165, 1.54) is 18.4 Å². The van der Waals surface area contributed by atoms with Crippen molar-refractivity contribution in [1.29, 1.82) is 0 Å². The molecule has 22 heavy (non-hydrogen) atoms. The number of anilines is 1. The van der Waals surface area contributed by atoms with Crippen LogP contribution in [-0.4, -0.2) is 29.2 Å². The molecule has 0 fully saturated rings. The molecule has 1 amide bonds. The van der Waals surface area contributed by atoms with E-state index in [1.54, 1.807) is 0 Å². The number of methoxy groups -OCH3 is 1. The average Bonchev–Trinajstić information content (AvgIpc) is 2.95. The van der Waals surface area contributed by atoms with Crippen molar-refractivity contribution in [3.8, 4) is 0 Å². The highest BCUT2D eigenvalue weighted by Crippen LogP contribution is 2.18. The molecule has 1 heterocycles. The maximum Gasteiger partial charge on any atom is 0.305 e. The van der Waals surface area contributed by atoms with Crippen molar-refractivity contribution in [3.05, 3.63) is 40.9 Å². The lowest BCUT2D eigenvalue weighted by atomic mass is 10.2. The van der Waals surface area contributed by atoms with Crippen molar-refractivity contribution in [3.63, 3.8) is 0 Å². The maximum atomic E-state index is 11.7. The summed E-state index contributed by atoms with van der Waals surface area (Å²) in [5.74, 6) is -0.486. The normalized spacial score (nSPS) is 10.2. The summed E-state index contributed by atoms with van der Waals surface area (Å²) in [5, 5.41) is 12.0. The Morgan fingerprint density at radius 3 is 2.68 bits per heavy atom. The van der Waals surface area contributed by atoms with Crippen LogP contribution in [0.2, 0.25) is 0 Å². The maximum absolute atomic E-state index is 11.7. The zero-order valence-corrected chi connectivity index (χ0v) is 13.1. The Balaban J connectivity index is 1.79. The molecule has 0 saturated carbocycles. The fraction of sp³-hybridized carbons (Fsp3) is 0.333. The highest BCUT2D eigenvalue weighted by atomic mass is 32.1. The molecule has 0 radical (unpaired) electrons. The first-order valence-electron chi connectivity index (χ1n) is 6.90. The number of esters is 1. The first-order valence-corrected chi connectivity index (χ1v) is 7.72. The molecular formula is C15H17N3O3S. The number of nitrogens with zero attached hydrogens (tertiary/aromatic N) is 2. The number of carbonyl (C=O) groups excluding carboxylic acids is 2. The molecule has 0 atom stereocenters. The molecule has 1 aromatic heterocycles. The standard InChI is InChI=1S/C15H17N3O3S/c1-21-14(20)9-5-8-12(19)16-15-18-17-13(22-15)10-11-6-3-2-4-7-11/h2-4,6-7H,5,8-10H2,1H3,(H,16,18,19). The lowest BCUT2D eigenvalue weighted by molar-refractivity contribution is -0.140. The first-order chi connectivity index (χ1) is 10.7. The van der Waals surface area contributed by atoms with E-state index in [1.807, 2.05) is 30.3 Å². The van der Waals surface area contributed by atoms with E-state index < -0.39 is 0 Å². The van der Waals surface area contributed by atoms with Gasteiger partial charge in [0.2, 0.25) is 11.0 Å². The minimum Gasteiger partial charge on any atom is -0.469 e. The molecule has 116 valence electrons. The number of benzene rings is 1. The minimum absolute atomic E-state index is 0.175. The number of amides is 1. The van der Waals surface area contributed by atoms with Gasteiger partial charge in [-0.1, -0.05) is 41.7 Å². The third-order valence-corrected chi connectivity index (χ3v) is 3.76. The number of rotatable bonds is 7. The Bertz CT molecular complexity index is 628. The van der Waals surface area contributed by atoms with Gasteiger partial charge in [-0.15, -0.1) is 10.2 Å². The molecule has 0 spiro atoms. The highest BCUT2D eigenvalue weighted by molar-refractivity contribution is 7.15. The van der Waals surface area contributed by atoms with E-state index in [0.29, 0.717) is 18.0 Å². The molecule has 0 aliphatic rings. The van der Waals surface area contributed by atoms with Gasteiger partial charge in [-0.2, -0.15) is 0 Å².